The number of benzene rings is 1. The predicted molar refractivity (Wildman–Crippen MR) is 56.2 cm³/mol. The average Bonchev–Trinajstić information content (AvgIpc) is 2.26. The zero-order valence-electron chi connectivity index (χ0n) is 8.08. The molecule has 3 N–H and O–H groups in total. The maximum Gasteiger partial charge on any atom is 0.275 e. The van der Waals surface area contributed by atoms with Crippen molar-refractivity contribution < 1.29 is 20.2 Å². The topological polar surface area (TPSA) is 104 Å². The zero-order chi connectivity index (χ0) is 12.3. The molecule has 16 heavy (non-hydrogen) atoms. The number of aliphatic hydroxyl groups excluding tert-OH is 3. The minimum atomic E-state index is -1.55. The minimum Gasteiger partial charge on any atom is -0.394 e. The average molecular weight is 248 g/mol. The fraction of sp³-hybridized carbons (Fsp3) is 0.333. The van der Waals surface area contributed by atoms with E-state index in [4.69, 9.17) is 16.7 Å². The summed E-state index contributed by atoms with van der Waals surface area (Å²) in [5, 5.41) is 38.3. The molecular weight excluding hydrogens is 238 g/mol. The van der Waals surface area contributed by atoms with Crippen molar-refractivity contribution in [3.63, 3.8) is 0 Å². The molecule has 0 bridgehead atoms. The van der Waals surface area contributed by atoms with Crippen molar-refractivity contribution in [3.05, 3.63) is 38.9 Å². The van der Waals surface area contributed by atoms with E-state index in [0.29, 0.717) is 0 Å². The molecule has 0 spiro atoms. The minimum absolute atomic E-state index is 0.126. The second-order valence-corrected chi connectivity index (χ2v) is 3.59. The Labute approximate surface area is 95.9 Å². The van der Waals surface area contributed by atoms with Gasteiger partial charge < -0.3 is 15.3 Å². The molecule has 0 aliphatic rings. The molecule has 0 radical (unpaired) electrons. The lowest BCUT2D eigenvalue weighted by molar-refractivity contribution is -0.386. The smallest absolute Gasteiger partial charge is 0.275 e. The summed E-state index contributed by atoms with van der Waals surface area (Å²) >= 11 is 5.64. The summed E-state index contributed by atoms with van der Waals surface area (Å²) < 4.78 is 0. The summed E-state index contributed by atoms with van der Waals surface area (Å²) in [5.41, 5.74) is -0.483. The van der Waals surface area contributed by atoms with E-state index in [1.807, 2.05) is 0 Å². The fourth-order valence-corrected chi connectivity index (χ4v) is 1.42. The van der Waals surface area contributed by atoms with E-state index in [-0.39, 0.29) is 16.3 Å². The Morgan fingerprint density at radius 3 is 2.56 bits per heavy atom. The van der Waals surface area contributed by atoms with E-state index in [2.05, 4.69) is 0 Å². The number of hydrogen-bond acceptors (Lipinski definition) is 5. The third-order valence-electron chi connectivity index (χ3n) is 2.06. The first-order valence-electron chi connectivity index (χ1n) is 4.38. The molecule has 0 aromatic heterocycles. The number of nitrogens with zero attached hydrogens (tertiary/aromatic N) is 1. The van der Waals surface area contributed by atoms with Crippen LogP contribution in [0.25, 0.3) is 0 Å². The van der Waals surface area contributed by atoms with Crippen molar-refractivity contribution in [2.24, 2.45) is 0 Å². The van der Waals surface area contributed by atoms with Crippen LogP contribution >= 0.6 is 11.6 Å². The van der Waals surface area contributed by atoms with Crippen LogP contribution in [0.3, 0.4) is 0 Å². The molecule has 1 aromatic rings. The van der Waals surface area contributed by atoms with Gasteiger partial charge >= 0.3 is 0 Å². The Kier molecular flexibility index (Phi) is 4.19. The summed E-state index contributed by atoms with van der Waals surface area (Å²) in [6.45, 7) is -0.704. The maximum atomic E-state index is 10.7. The molecule has 6 nitrogen and oxygen atoms in total. The number of rotatable bonds is 4. The molecule has 0 saturated heterocycles. The lowest BCUT2D eigenvalue weighted by atomic mass is 10.0. The van der Waals surface area contributed by atoms with Gasteiger partial charge in [0, 0.05) is 11.1 Å². The first-order chi connectivity index (χ1) is 7.47. The van der Waals surface area contributed by atoms with Gasteiger partial charge in [0.1, 0.15) is 12.2 Å². The Morgan fingerprint density at radius 2 is 2.06 bits per heavy atom. The van der Waals surface area contributed by atoms with Crippen molar-refractivity contribution >= 4 is 17.3 Å². The van der Waals surface area contributed by atoms with Crippen LogP contribution in [-0.2, 0) is 0 Å². The summed E-state index contributed by atoms with van der Waals surface area (Å²) in [6, 6.07) is 3.62. The van der Waals surface area contributed by atoms with Crippen molar-refractivity contribution in [2.75, 3.05) is 6.61 Å². The van der Waals surface area contributed by atoms with Crippen molar-refractivity contribution in [1.29, 1.82) is 0 Å². The monoisotopic (exact) mass is 247 g/mol. The second kappa shape index (κ2) is 5.22. The molecule has 0 aliphatic heterocycles. The Hall–Kier alpha value is -1.21. The summed E-state index contributed by atoms with van der Waals surface area (Å²) in [6.07, 6.45) is -3.04. The van der Waals surface area contributed by atoms with Crippen LogP contribution in [-0.4, -0.2) is 33.0 Å². The van der Waals surface area contributed by atoms with Crippen molar-refractivity contribution in [2.45, 2.75) is 12.2 Å². The maximum absolute atomic E-state index is 10.7. The first kappa shape index (κ1) is 12.9. The van der Waals surface area contributed by atoms with Gasteiger partial charge in [-0.15, -0.1) is 0 Å². The predicted octanol–water partition coefficient (Wildman–Crippen LogP) is 0.635. The quantitative estimate of drug-likeness (QED) is 0.535. The molecule has 2 atom stereocenters. The van der Waals surface area contributed by atoms with E-state index in [1.54, 1.807) is 0 Å². The van der Waals surface area contributed by atoms with Gasteiger partial charge in [0.05, 0.1) is 17.1 Å². The molecule has 0 fully saturated rings. The molecule has 0 amide bonds. The van der Waals surface area contributed by atoms with Crippen LogP contribution in [0.2, 0.25) is 5.02 Å². The second-order valence-electron chi connectivity index (χ2n) is 3.16. The van der Waals surface area contributed by atoms with Crippen LogP contribution < -0.4 is 0 Å². The lowest BCUT2D eigenvalue weighted by Crippen LogP contribution is -2.22. The number of aliphatic hydroxyl groups is 3. The van der Waals surface area contributed by atoms with Crippen LogP contribution in [0.15, 0.2) is 18.2 Å². The van der Waals surface area contributed by atoms with E-state index >= 15 is 0 Å². The highest BCUT2D eigenvalue weighted by molar-refractivity contribution is 6.30. The largest absolute Gasteiger partial charge is 0.394 e. The van der Waals surface area contributed by atoms with Crippen LogP contribution in [0, 0.1) is 10.1 Å². The molecule has 1 rings (SSSR count). The highest BCUT2D eigenvalue weighted by Gasteiger charge is 2.25. The number of halogens is 1. The summed E-state index contributed by atoms with van der Waals surface area (Å²) in [5.74, 6) is 0. The molecule has 1 aromatic carbocycles. The summed E-state index contributed by atoms with van der Waals surface area (Å²) in [7, 11) is 0. The van der Waals surface area contributed by atoms with Gasteiger partial charge in [0.25, 0.3) is 5.69 Å². The molecular formula is C9H10ClNO5. The molecule has 0 heterocycles. The molecule has 0 aliphatic carbocycles. The van der Waals surface area contributed by atoms with E-state index in [0.717, 1.165) is 6.07 Å². The summed E-state index contributed by atoms with van der Waals surface area (Å²) in [4.78, 5) is 9.96. The lowest BCUT2D eigenvalue weighted by Gasteiger charge is -2.15. The van der Waals surface area contributed by atoms with Crippen molar-refractivity contribution in [1.82, 2.24) is 0 Å². The number of nitro groups is 1. The van der Waals surface area contributed by atoms with Gasteiger partial charge in [-0.05, 0) is 12.1 Å². The van der Waals surface area contributed by atoms with Gasteiger partial charge in [-0.3, -0.25) is 10.1 Å². The fourth-order valence-electron chi connectivity index (χ4n) is 1.24. The van der Waals surface area contributed by atoms with Crippen LogP contribution in [0.1, 0.15) is 11.7 Å². The molecule has 2 unspecified atom stereocenters. The van der Waals surface area contributed by atoms with Crippen molar-refractivity contribution in [3.8, 4) is 0 Å². The molecule has 7 heteroatoms. The molecule has 0 saturated carbocycles. The van der Waals surface area contributed by atoms with Gasteiger partial charge in [0.15, 0.2) is 0 Å². The number of nitro benzene ring substituents is 1. The zero-order valence-corrected chi connectivity index (χ0v) is 8.83. The van der Waals surface area contributed by atoms with E-state index in [1.165, 1.54) is 12.1 Å². The Balaban J connectivity index is 3.19. The first-order valence-corrected chi connectivity index (χ1v) is 4.76. The Bertz CT molecular complexity index is 397. The SMILES string of the molecule is O=[N+]([O-])c1ccc(Cl)cc1C(O)C(O)CO. The van der Waals surface area contributed by atoms with E-state index < -0.39 is 23.7 Å². The number of hydrogen-bond donors (Lipinski definition) is 3. The van der Waals surface area contributed by atoms with Gasteiger partial charge in [-0.2, -0.15) is 0 Å². The highest BCUT2D eigenvalue weighted by atomic mass is 35.5. The third kappa shape index (κ3) is 2.67. The van der Waals surface area contributed by atoms with Crippen LogP contribution in [0.4, 0.5) is 5.69 Å². The van der Waals surface area contributed by atoms with E-state index in [9.17, 15) is 20.3 Å². The molecule has 88 valence electrons. The standard InChI is InChI=1S/C9H10ClNO5/c10-5-1-2-7(11(15)16)6(3-5)9(14)8(13)4-12/h1-3,8-9,12-14H,4H2. The van der Waals surface area contributed by atoms with Gasteiger partial charge in [-0.25, -0.2) is 0 Å². The van der Waals surface area contributed by atoms with Gasteiger partial charge in [0.2, 0.25) is 0 Å². The highest BCUT2D eigenvalue weighted by Crippen LogP contribution is 2.29. The Morgan fingerprint density at radius 1 is 1.44 bits per heavy atom. The third-order valence-corrected chi connectivity index (χ3v) is 2.29. The van der Waals surface area contributed by atoms with Crippen LogP contribution in [0.5, 0.6) is 0 Å². The normalized spacial score (nSPS) is 14.5. The van der Waals surface area contributed by atoms with Gasteiger partial charge in [-0.1, -0.05) is 11.6 Å².